The van der Waals surface area contributed by atoms with Crippen LogP contribution in [-0.2, 0) is 17.8 Å². The number of aromatic nitrogens is 3. The number of carbonyl (C=O) groups excluding carboxylic acids is 3. The van der Waals surface area contributed by atoms with Crippen molar-refractivity contribution in [1.29, 1.82) is 0 Å². The van der Waals surface area contributed by atoms with Crippen LogP contribution < -0.4 is 15.7 Å². The van der Waals surface area contributed by atoms with E-state index in [1.54, 1.807) is 41.8 Å². The van der Waals surface area contributed by atoms with E-state index in [0.29, 0.717) is 27.2 Å². The second-order valence-corrected chi connectivity index (χ2v) is 9.49. The van der Waals surface area contributed by atoms with Crippen molar-refractivity contribution in [2.45, 2.75) is 26.8 Å². The molecule has 9 nitrogen and oxygen atoms in total. The molecular weight excluding hydrogens is 502 g/mol. The number of rotatable bonds is 8. The van der Waals surface area contributed by atoms with E-state index in [0.717, 1.165) is 16.9 Å². The Labute approximate surface area is 215 Å². The van der Waals surface area contributed by atoms with E-state index in [1.165, 1.54) is 6.07 Å². The third-order valence-electron chi connectivity index (χ3n) is 5.22. The van der Waals surface area contributed by atoms with Crippen LogP contribution in [0.2, 0.25) is 5.02 Å². The SMILES string of the molecule is Cc1cccc(NC(=O)NCc2nnc(C)n2-c2sc(CC(=O)[O-])cc2C(=O)c2ccccc2Cl)c1. The molecule has 4 rings (SSSR count). The first kappa shape index (κ1) is 25.1. The maximum atomic E-state index is 13.4. The van der Waals surface area contributed by atoms with Gasteiger partial charge in [-0.15, -0.1) is 21.5 Å². The first-order valence-corrected chi connectivity index (χ1v) is 12.1. The third kappa shape index (κ3) is 5.61. The topological polar surface area (TPSA) is 129 Å². The summed E-state index contributed by atoms with van der Waals surface area (Å²) in [6.07, 6.45) is -0.360. The van der Waals surface area contributed by atoms with Gasteiger partial charge < -0.3 is 20.5 Å². The fourth-order valence-corrected chi connectivity index (χ4v) is 5.05. The number of carboxylic acids is 1. The number of hydrogen-bond donors (Lipinski definition) is 2. The first-order chi connectivity index (χ1) is 17.2. The molecule has 36 heavy (non-hydrogen) atoms. The maximum Gasteiger partial charge on any atom is 0.319 e. The lowest BCUT2D eigenvalue weighted by Gasteiger charge is -2.11. The summed E-state index contributed by atoms with van der Waals surface area (Å²) in [5, 5.41) is 25.7. The molecule has 0 aliphatic rings. The van der Waals surface area contributed by atoms with Crippen molar-refractivity contribution >= 4 is 46.4 Å². The molecule has 0 atom stereocenters. The van der Waals surface area contributed by atoms with E-state index < -0.39 is 12.0 Å². The van der Waals surface area contributed by atoms with Crippen molar-refractivity contribution in [2.75, 3.05) is 5.32 Å². The number of aliphatic carboxylic acids is 1. The molecule has 2 aromatic carbocycles. The Morgan fingerprint density at radius 3 is 2.53 bits per heavy atom. The van der Waals surface area contributed by atoms with Crippen molar-refractivity contribution < 1.29 is 19.5 Å². The maximum absolute atomic E-state index is 13.4. The Bertz CT molecular complexity index is 1460. The van der Waals surface area contributed by atoms with Crippen molar-refractivity contribution in [2.24, 2.45) is 0 Å². The minimum Gasteiger partial charge on any atom is -0.550 e. The van der Waals surface area contributed by atoms with Crippen LogP contribution in [0.25, 0.3) is 5.00 Å². The van der Waals surface area contributed by atoms with Gasteiger partial charge >= 0.3 is 6.03 Å². The second kappa shape index (κ2) is 10.7. The Morgan fingerprint density at radius 1 is 1.03 bits per heavy atom. The molecule has 2 N–H and O–H groups in total. The summed E-state index contributed by atoms with van der Waals surface area (Å²) in [4.78, 5) is 37.6. The molecule has 2 aromatic heterocycles. The van der Waals surface area contributed by atoms with Crippen LogP contribution in [0.3, 0.4) is 0 Å². The molecule has 0 aliphatic heterocycles. The summed E-state index contributed by atoms with van der Waals surface area (Å²) in [6.45, 7) is 3.63. The molecule has 0 saturated heterocycles. The van der Waals surface area contributed by atoms with Crippen LogP contribution in [0.1, 0.15) is 38.0 Å². The van der Waals surface area contributed by atoms with E-state index in [-0.39, 0.29) is 34.9 Å². The van der Waals surface area contributed by atoms with Crippen LogP contribution in [-0.4, -0.2) is 32.5 Å². The van der Waals surface area contributed by atoms with E-state index in [1.807, 2.05) is 25.1 Å². The van der Waals surface area contributed by atoms with Gasteiger partial charge in [-0.2, -0.15) is 0 Å². The minimum atomic E-state index is -1.27. The van der Waals surface area contributed by atoms with Gasteiger partial charge in [0.2, 0.25) is 0 Å². The number of nitrogens with one attached hydrogen (secondary N) is 2. The Hall–Kier alpha value is -4.02. The van der Waals surface area contributed by atoms with Gasteiger partial charge in [-0.3, -0.25) is 9.36 Å². The summed E-state index contributed by atoms with van der Waals surface area (Å²) in [7, 11) is 0. The fraction of sp³-hybridized carbons (Fsp3) is 0.160. The average molecular weight is 523 g/mol. The summed E-state index contributed by atoms with van der Waals surface area (Å²) in [5.41, 5.74) is 2.17. The lowest BCUT2D eigenvalue weighted by atomic mass is 10.0. The van der Waals surface area contributed by atoms with E-state index >= 15 is 0 Å². The molecule has 0 saturated carbocycles. The number of hydrogen-bond acceptors (Lipinski definition) is 7. The number of carboxylic acid groups (broad SMARTS) is 1. The smallest absolute Gasteiger partial charge is 0.319 e. The molecule has 0 spiro atoms. The van der Waals surface area contributed by atoms with Gasteiger partial charge in [0.15, 0.2) is 11.6 Å². The van der Waals surface area contributed by atoms with Gasteiger partial charge in [-0.1, -0.05) is 35.9 Å². The molecular formula is C25H21ClN5O4S-. The highest BCUT2D eigenvalue weighted by Gasteiger charge is 2.24. The number of carbonyl (C=O) groups is 3. The molecule has 2 heterocycles. The van der Waals surface area contributed by atoms with Gasteiger partial charge in [-0.25, -0.2) is 4.79 Å². The zero-order valence-electron chi connectivity index (χ0n) is 19.4. The minimum absolute atomic E-state index is 0.00589. The molecule has 0 unspecified atom stereocenters. The summed E-state index contributed by atoms with van der Waals surface area (Å²) in [5.74, 6) is -0.821. The summed E-state index contributed by atoms with van der Waals surface area (Å²) < 4.78 is 1.63. The number of amides is 2. The predicted molar refractivity (Wildman–Crippen MR) is 135 cm³/mol. The Morgan fingerprint density at radius 2 is 1.81 bits per heavy atom. The van der Waals surface area contributed by atoms with Crippen molar-refractivity contribution in [3.63, 3.8) is 0 Å². The predicted octanol–water partition coefficient (Wildman–Crippen LogP) is 3.44. The van der Waals surface area contributed by atoms with Gasteiger partial charge in [0.25, 0.3) is 0 Å². The van der Waals surface area contributed by atoms with Crippen molar-refractivity contribution in [3.8, 4) is 5.00 Å². The number of benzene rings is 2. The largest absolute Gasteiger partial charge is 0.550 e. The number of thiophene rings is 1. The zero-order valence-corrected chi connectivity index (χ0v) is 20.9. The number of nitrogens with zero attached hydrogens (tertiary/aromatic N) is 3. The van der Waals surface area contributed by atoms with E-state index in [2.05, 4.69) is 20.8 Å². The lowest BCUT2D eigenvalue weighted by Crippen LogP contribution is -2.29. The van der Waals surface area contributed by atoms with Gasteiger partial charge in [0.05, 0.1) is 17.1 Å². The number of urea groups is 1. The normalized spacial score (nSPS) is 10.8. The molecule has 0 aliphatic carbocycles. The van der Waals surface area contributed by atoms with Crippen LogP contribution >= 0.6 is 22.9 Å². The van der Waals surface area contributed by atoms with Crippen LogP contribution in [0.5, 0.6) is 0 Å². The molecule has 0 bridgehead atoms. The van der Waals surface area contributed by atoms with E-state index in [4.69, 9.17) is 11.6 Å². The zero-order chi connectivity index (χ0) is 25.8. The molecule has 4 aromatic rings. The summed E-state index contributed by atoms with van der Waals surface area (Å²) in [6, 6.07) is 15.1. The van der Waals surface area contributed by atoms with Crippen molar-refractivity contribution in [1.82, 2.24) is 20.1 Å². The van der Waals surface area contributed by atoms with E-state index in [9.17, 15) is 19.5 Å². The second-order valence-electron chi connectivity index (χ2n) is 7.97. The molecule has 0 radical (unpaired) electrons. The highest BCUT2D eigenvalue weighted by Crippen LogP contribution is 2.32. The average Bonchev–Trinajstić information content (AvgIpc) is 3.39. The number of halogens is 1. The Kier molecular flexibility index (Phi) is 7.47. The highest BCUT2D eigenvalue weighted by molar-refractivity contribution is 7.15. The van der Waals surface area contributed by atoms with Gasteiger partial charge in [-0.05, 0) is 49.7 Å². The Balaban J connectivity index is 1.65. The van der Waals surface area contributed by atoms with Crippen LogP contribution in [0.4, 0.5) is 10.5 Å². The third-order valence-corrected chi connectivity index (χ3v) is 6.67. The van der Waals surface area contributed by atoms with Crippen LogP contribution in [0.15, 0.2) is 54.6 Å². The van der Waals surface area contributed by atoms with Gasteiger partial charge in [0.1, 0.15) is 10.8 Å². The number of aryl methyl sites for hydroxylation is 2. The lowest BCUT2D eigenvalue weighted by molar-refractivity contribution is -0.304. The fourth-order valence-electron chi connectivity index (χ4n) is 3.62. The molecule has 0 fully saturated rings. The standard InChI is InChI=1S/C25H22ClN5O4S/c1-14-6-5-7-16(10-14)28-25(35)27-13-21-30-29-15(2)31(21)24-19(11-17(36-24)12-22(32)33)23(34)18-8-3-4-9-20(18)26/h3-11H,12-13H2,1-2H3,(H,32,33)(H2,27,28,35)/p-1. The van der Waals surface area contributed by atoms with Crippen LogP contribution in [0, 0.1) is 13.8 Å². The summed E-state index contributed by atoms with van der Waals surface area (Å²) >= 11 is 7.36. The molecule has 184 valence electrons. The molecule has 2 amide bonds. The quantitative estimate of drug-likeness (QED) is 0.341. The van der Waals surface area contributed by atoms with Crippen molar-refractivity contribution in [3.05, 3.63) is 92.8 Å². The molecule has 11 heteroatoms. The first-order valence-electron chi connectivity index (χ1n) is 10.9. The van der Waals surface area contributed by atoms with Gasteiger partial charge in [0, 0.05) is 28.5 Å². The number of anilines is 1. The number of ketones is 1. The highest BCUT2D eigenvalue weighted by atomic mass is 35.5. The monoisotopic (exact) mass is 522 g/mol.